The molecule has 2 amide bonds. The lowest BCUT2D eigenvalue weighted by Crippen LogP contribution is -2.13. The van der Waals surface area contributed by atoms with E-state index in [1.807, 2.05) is 42.5 Å². The van der Waals surface area contributed by atoms with Gasteiger partial charge in [-0.15, -0.1) is 0 Å². The number of hydrogen-bond acceptors (Lipinski definition) is 4. The summed E-state index contributed by atoms with van der Waals surface area (Å²) in [6.07, 6.45) is 0. The zero-order chi connectivity index (χ0) is 23.9. The van der Waals surface area contributed by atoms with Gasteiger partial charge in [0.15, 0.2) is 0 Å². The Kier molecular flexibility index (Phi) is 6.79. The van der Waals surface area contributed by atoms with Gasteiger partial charge in [0.1, 0.15) is 5.75 Å². The molecule has 4 aromatic carbocycles. The van der Waals surface area contributed by atoms with Crippen LogP contribution in [0.4, 0.5) is 11.4 Å². The van der Waals surface area contributed by atoms with Crippen LogP contribution in [0.15, 0.2) is 103 Å². The highest BCUT2D eigenvalue weighted by molar-refractivity contribution is 6.06. The summed E-state index contributed by atoms with van der Waals surface area (Å²) in [5, 5.41) is 5.64. The lowest BCUT2D eigenvalue weighted by molar-refractivity contribution is -0.131. The third-order valence-electron chi connectivity index (χ3n) is 5.01. The van der Waals surface area contributed by atoms with Gasteiger partial charge in [0.25, 0.3) is 11.8 Å². The number of ether oxygens (including phenoxy) is 1. The van der Waals surface area contributed by atoms with E-state index in [0.29, 0.717) is 28.3 Å². The fourth-order valence-electron chi connectivity index (χ4n) is 3.35. The van der Waals surface area contributed by atoms with Crippen molar-refractivity contribution in [1.82, 2.24) is 0 Å². The Labute approximate surface area is 197 Å². The van der Waals surface area contributed by atoms with E-state index in [-0.39, 0.29) is 11.8 Å². The highest BCUT2D eigenvalue weighted by Crippen LogP contribution is 2.21. The van der Waals surface area contributed by atoms with Gasteiger partial charge in [0, 0.05) is 29.4 Å². The molecule has 0 aliphatic heterocycles. The van der Waals surface area contributed by atoms with Crippen molar-refractivity contribution in [3.63, 3.8) is 0 Å². The van der Waals surface area contributed by atoms with Crippen LogP contribution in [0.25, 0.3) is 11.1 Å². The number of carbonyl (C=O) groups excluding carboxylic acids is 3. The van der Waals surface area contributed by atoms with Crippen LogP contribution in [0.1, 0.15) is 27.6 Å². The molecule has 0 saturated heterocycles. The molecule has 168 valence electrons. The van der Waals surface area contributed by atoms with Gasteiger partial charge < -0.3 is 15.4 Å². The van der Waals surface area contributed by atoms with Gasteiger partial charge in [-0.2, -0.15) is 0 Å². The normalized spacial score (nSPS) is 10.3. The third-order valence-corrected chi connectivity index (χ3v) is 5.01. The van der Waals surface area contributed by atoms with E-state index in [1.54, 1.807) is 54.6 Å². The average molecular weight is 450 g/mol. The van der Waals surface area contributed by atoms with Crippen LogP contribution in [0, 0.1) is 0 Å². The van der Waals surface area contributed by atoms with Crippen molar-refractivity contribution >= 4 is 29.2 Å². The van der Waals surface area contributed by atoms with Gasteiger partial charge in [-0.05, 0) is 65.7 Å². The Bertz CT molecular complexity index is 1310. The molecule has 4 aromatic rings. The van der Waals surface area contributed by atoms with Crippen LogP contribution in [-0.2, 0) is 4.79 Å². The van der Waals surface area contributed by atoms with Gasteiger partial charge in [0.05, 0.1) is 0 Å². The summed E-state index contributed by atoms with van der Waals surface area (Å²) >= 11 is 0. The van der Waals surface area contributed by atoms with E-state index in [1.165, 1.54) is 13.0 Å². The van der Waals surface area contributed by atoms with Gasteiger partial charge >= 0.3 is 5.97 Å². The first-order valence-electron chi connectivity index (χ1n) is 10.6. The monoisotopic (exact) mass is 450 g/mol. The molecule has 6 heteroatoms. The minimum absolute atomic E-state index is 0.223. The predicted octanol–water partition coefficient (Wildman–Crippen LogP) is 5.78. The van der Waals surface area contributed by atoms with E-state index >= 15 is 0 Å². The van der Waals surface area contributed by atoms with Crippen LogP contribution >= 0.6 is 0 Å². The Morgan fingerprint density at radius 2 is 1.15 bits per heavy atom. The van der Waals surface area contributed by atoms with Crippen molar-refractivity contribution in [3.8, 4) is 16.9 Å². The second kappa shape index (κ2) is 10.3. The summed E-state index contributed by atoms with van der Waals surface area (Å²) in [7, 11) is 0. The fraction of sp³-hybridized carbons (Fsp3) is 0.0357. The molecule has 0 saturated carbocycles. The van der Waals surface area contributed by atoms with Crippen LogP contribution in [0.3, 0.4) is 0 Å². The number of amides is 2. The lowest BCUT2D eigenvalue weighted by atomic mass is 10.0. The molecule has 0 heterocycles. The molecule has 0 unspecified atom stereocenters. The van der Waals surface area contributed by atoms with Crippen molar-refractivity contribution in [2.75, 3.05) is 10.6 Å². The van der Waals surface area contributed by atoms with E-state index in [4.69, 9.17) is 4.74 Å². The number of hydrogen-bond donors (Lipinski definition) is 2. The Morgan fingerprint density at radius 1 is 0.588 bits per heavy atom. The largest absolute Gasteiger partial charge is 0.427 e. The van der Waals surface area contributed by atoms with Crippen LogP contribution < -0.4 is 15.4 Å². The van der Waals surface area contributed by atoms with E-state index in [0.717, 1.165) is 11.1 Å². The topological polar surface area (TPSA) is 84.5 Å². The molecule has 2 N–H and O–H groups in total. The Balaban J connectivity index is 1.37. The van der Waals surface area contributed by atoms with E-state index < -0.39 is 5.97 Å². The maximum atomic E-state index is 12.6. The number of benzene rings is 4. The Morgan fingerprint density at radius 3 is 1.74 bits per heavy atom. The summed E-state index contributed by atoms with van der Waals surface area (Å²) < 4.78 is 5.01. The minimum Gasteiger partial charge on any atom is -0.427 e. The van der Waals surface area contributed by atoms with Crippen molar-refractivity contribution in [3.05, 3.63) is 114 Å². The SMILES string of the molecule is CC(=O)Oc1cccc(C(=O)Nc2ccc(NC(=O)c3ccc(-c4ccccc4)cc3)cc2)c1. The summed E-state index contributed by atoms with van der Waals surface area (Å²) in [4.78, 5) is 36.2. The van der Waals surface area contributed by atoms with Gasteiger partial charge in [-0.1, -0.05) is 48.5 Å². The number of anilines is 2. The van der Waals surface area contributed by atoms with Crippen molar-refractivity contribution in [2.24, 2.45) is 0 Å². The predicted molar refractivity (Wildman–Crippen MR) is 132 cm³/mol. The lowest BCUT2D eigenvalue weighted by Gasteiger charge is -2.09. The zero-order valence-corrected chi connectivity index (χ0v) is 18.4. The molecule has 0 spiro atoms. The van der Waals surface area contributed by atoms with Crippen molar-refractivity contribution < 1.29 is 19.1 Å². The average Bonchev–Trinajstić information content (AvgIpc) is 2.85. The second-order valence-corrected chi connectivity index (χ2v) is 7.55. The molecule has 4 rings (SSSR count). The first-order chi connectivity index (χ1) is 16.5. The molecule has 0 aliphatic carbocycles. The smallest absolute Gasteiger partial charge is 0.308 e. The Hall–Kier alpha value is -4.71. The van der Waals surface area contributed by atoms with Crippen LogP contribution in [0.2, 0.25) is 0 Å². The number of rotatable bonds is 6. The fourth-order valence-corrected chi connectivity index (χ4v) is 3.35. The number of nitrogens with one attached hydrogen (secondary N) is 2. The van der Waals surface area contributed by atoms with Crippen LogP contribution in [0.5, 0.6) is 5.75 Å². The molecule has 34 heavy (non-hydrogen) atoms. The molecule has 0 fully saturated rings. The van der Waals surface area contributed by atoms with E-state index in [2.05, 4.69) is 10.6 Å². The van der Waals surface area contributed by atoms with Crippen molar-refractivity contribution in [2.45, 2.75) is 6.92 Å². The minimum atomic E-state index is -0.456. The van der Waals surface area contributed by atoms with Gasteiger partial charge in [0.2, 0.25) is 0 Å². The second-order valence-electron chi connectivity index (χ2n) is 7.55. The van der Waals surface area contributed by atoms with Crippen LogP contribution in [-0.4, -0.2) is 17.8 Å². The molecular weight excluding hydrogens is 428 g/mol. The molecule has 0 atom stereocenters. The summed E-state index contributed by atoms with van der Waals surface area (Å²) in [5.41, 5.74) is 4.20. The first kappa shape index (κ1) is 22.5. The summed E-state index contributed by atoms with van der Waals surface area (Å²) in [5.74, 6) is -0.722. The zero-order valence-electron chi connectivity index (χ0n) is 18.4. The standard InChI is InChI=1S/C28H22N2O4/c1-19(31)34-26-9-5-8-23(18-26)28(33)30-25-16-14-24(15-17-25)29-27(32)22-12-10-21(11-13-22)20-6-3-2-4-7-20/h2-18H,1H3,(H,29,32)(H,30,33). The number of carbonyl (C=O) groups is 3. The highest BCUT2D eigenvalue weighted by Gasteiger charge is 2.10. The molecule has 0 aromatic heterocycles. The molecular formula is C28H22N2O4. The summed E-state index contributed by atoms with van der Waals surface area (Å²) in [6.45, 7) is 1.30. The number of esters is 1. The van der Waals surface area contributed by atoms with E-state index in [9.17, 15) is 14.4 Å². The maximum Gasteiger partial charge on any atom is 0.308 e. The first-order valence-corrected chi connectivity index (χ1v) is 10.6. The molecule has 0 bridgehead atoms. The van der Waals surface area contributed by atoms with Crippen molar-refractivity contribution in [1.29, 1.82) is 0 Å². The van der Waals surface area contributed by atoms with Gasteiger partial charge in [-0.25, -0.2) is 0 Å². The highest BCUT2D eigenvalue weighted by atomic mass is 16.5. The maximum absolute atomic E-state index is 12.6. The molecule has 0 radical (unpaired) electrons. The summed E-state index contributed by atoms with van der Waals surface area (Å²) in [6, 6.07) is 30.5. The molecule has 0 aliphatic rings. The van der Waals surface area contributed by atoms with Gasteiger partial charge in [-0.3, -0.25) is 14.4 Å². The quantitative estimate of drug-likeness (QED) is 0.288. The molecule has 6 nitrogen and oxygen atoms in total. The third kappa shape index (κ3) is 5.75.